The third-order valence-electron chi connectivity index (χ3n) is 2.37. The van der Waals surface area contributed by atoms with E-state index in [0.717, 1.165) is 38.8 Å². The van der Waals surface area contributed by atoms with Crippen LogP contribution in [0.3, 0.4) is 0 Å². The van der Waals surface area contributed by atoms with Gasteiger partial charge in [0.25, 0.3) is 0 Å². The minimum absolute atomic E-state index is 0.151. The molecule has 0 rings (SSSR count). The summed E-state index contributed by atoms with van der Waals surface area (Å²) in [5.74, 6) is -0.151. The molecule has 0 saturated heterocycles. The summed E-state index contributed by atoms with van der Waals surface area (Å²) in [5, 5.41) is 8.59. The molecule has 0 aliphatic carbocycles. The van der Waals surface area contributed by atoms with Crippen LogP contribution in [0, 0.1) is 0 Å². The summed E-state index contributed by atoms with van der Waals surface area (Å²) in [6.45, 7) is 2.05. The van der Waals surface area contributed by atoms with E-state index in [-0.39, 0.29) is 12.6 Å². The fourth-order valence-corrected chi connectivity index (χ4v) is 1.34. The lowest BCUT2D eigenvalue weighted by Gasteiger charge is -2.15. The van der Waals surface area contributed by atoms with Crippen LogP contribution in [0.2, 0.25) is 0 Å². The highest BCUT2D eigenvalue weighted by Crippen LogP contribution is 2.01. The lowest BCUT2D eigenvalue weighted by atomic mass is 10.2. The van der Waals surface area contributed by atoms with Crippen molar-refractivity contribution < 1.29 is 14.6 Å². The van der Waals surface area contributed by atoms with Crippen molar-refractivity contribution in [2.75, 3.05) is 33.9 Å². The van der Waals surface area contributed by atoms with Crippen LogP contribution in [0.1, 0.15) is 32.1 Å². The third kappa shape index (κ3) is 9.69. The minimum Gasteiger partial charge on any atom is -0.469 e. The average molecular weight is 217 g/mol. The Balaban J connectivity index is 3.25. The van der Waals surface area contributed by atoms with Gasteiger partial charge in [-0.25, -0.2) is 0 Å². The lowest BCUT2D eigenvalue weighted by Crippen LogP contribution is -2.23. The Morgan fingerprint density at radius 1 is 1.20 bits per heavy atom. The van der Waals surface area contributed by atoms with Crippen molar-refractivity contribution in [2.24, 2.45) is 0 Å². The number of carbonyl (C=O) groups is 1. The largest absolute Gasteiger partial charge is 0.469 e. The van der Waals surface area contributed by atoms with Gasteiger partial charge in [0.2, 0.25) is 0 Å². The normalized spacial score (nSPS) is 10.7. The van der Waals surface area contributed by atoms with E-state index in [1.807, 2.05) is 7.05 Å². The molecule has 0 aliphatic rings. The zero-order chi connectivity index (χ0) is 11.5. The lowest BCUT2D eigenvalue weighted by molar-refractivity contribution is -0.140. The number of hydrogen-bond donors (Lipinski definition) is 1. The van der Waals surface area contributed by atoms with Gasteiger partial charge in [-0.05, 0) is 26.4 Å². The van der Waals surface area contributed by atoms with Gasteiger partial charge in [-0.2, -0.15) is 0 Å². The van der Waals surface area contributed by atoms with E-state index in [1.165, 1.54) is 7.11 Å². The first-order chi connectivity index (χ1) is 7.20. The molecule has 15 heavy (non-hydrogen) atoms. The Morgan fingerprint density at radius 2 is 1.87 bits per heavy atom. The molecule has 0 radical (unpaired) electrons. The van der Waals surface area contributed by atoms with Crippen LogP contribution in [0.25, 0.3) is 0 Å². The molecule has 0 saturated carbocycles. The van der Waals surface area contributed by atoms with Gasteiger partial charge in [0.05, 0.1) is 13.5 Å². The fourth-order valence-electron chi connectivity index (χ4n) is 1.34. The maximum absolute atomic E-state index is 10.9. The van der Waals surface area contributed by atoms with E-state index in [4.69, 9.17) is 5.11 Å². The van der Waals surface area contributed by atoms with E-state index >= 15 is 0 Å². The minimum atomic E-state index is -0.151. The second-order valence-electron chi connectivity index (χ2n) is 3.77. The molecule has 0 atom stereocenters. The van der Waals surface area contributed by atoms with Crippen molar-refractivity contribution >= 4 is 5.97 Å². The number of esters is 1. The van der Waals surface area contributed by atoms with Crippen LogP contribution in [0.5, 0.6) is 0 Å². The van der Waals surface area contributed by atoms with Crippen molar-refractivity contribution in [3.05, 3.63) is 0 Å². The number of aliphatic hydroxyl groups is 1. The van der Waals surface area contributed by atoms with Gasteiger partial charge < -0.3 is 14.7 Å². The molecule has 0 bridgehead atoms. The first-order valence-corrected chi connectivity index (χ1v) is 5.57. The molecular formula is C11H23NO3. The van der Waals surface area contributed by atoms with Crippen LogP contribution in [0.15, 0.2) is 0 Å². The number of aliphatic hydroxyl groups excluding tert-OH is 1. The number of rotatable bonds is 9. The monoisotopic (exact) mass is 217 g/mol. The van der Waals surface area contributed by atoms with Crippen molar-refractivity contribution in [1.29, 1.82) is 0 Å². The van der Waals surface area contributed by atoms with E-state index in [2.05, 4.69) is 9.64 Å². The standard InChI is InChI=1S/C11H23NO3/c1-12(9-7-11(14)15-2)8-5-3-4-6-10-13/h13H,3-10H2,1-2H3. The van der Waals surface area contributed by atoms with Crippen LogP contribution >= 0.6 is 0 Å². The zero-order valence-electron chi connectivity index (χ0n) is 9.87. The Bertz CT molecular complexity index is 162. The number of carbonyl (C=O) groups excluding carboxylic acids is 1. The molecule has 0 heterocycles. The molecule has 0 unspecified atom stereocenters. The fraction of sp³-hybridized carbons (Fsp3) is 0.909. The number of unbranched alkanes of at least 4 members (excludes halogenated alkanes) is 3. The molecule has 90 valence electrons. The van der Waals surface area contributed by atoms with Gasteiger partial charge in [-0.3, -0.25) is 4.79 Å². The SMILES string of the molecule is COC(=O)CCN(C)CCCCCCO. The van der Waals surface area contributed by atoms with Crippen molar-refractivity contribution in [1.82, 2.24) is 4.90 Å². The quantitative estimate of drug-likeness (QED) is 0.463. The second kappa shape index (κ2) is 9.93. The van der Waals surface area contributed by atoms with E-state index in [0.29, 0.717) is 6.42 Å². The van der Waals surface area contributed by atoms with Crippen LogP contribution in [0.4, 0.5) is 0 Å². The molecule has 1 N–H and O–H groups in total. The number of methoxy groups -OCH3 is 1. The smallest absolute Gasteiger partial charge is 0.306 e. The van der Waals surface area contributed by atoms with E-state index < -0.39 is 0 Å². The van der Waals surface area contributed by atoms with Gasteiger partial charge in [0, 0.05) is 13.2 Å². The summed E-state index contributed by atoms with van der Waals surface area (Å²) in [6, 6.07) is 0. The Labute approximate surface area is 92.2 Å². The summed E-state index contributed by atoms with van der Waals surface area (Å²) in [5.41, 5.74) is 0. The van der Waals surface area contributed by atoms with Gasteiger partial charge in [0.15, 0.2) is 0 Å². The summed E-state index contributed by atoms with van der Waals surface area (Å²) in [6.07, 6.45) is 4.71. The van der Waals surface area contributed by atoms with Crippen LogP contribution in [-0.4, -0.2) is 49.8 Å². The topological polar surface area (TPSA) is 49.8 Å². The van der Waals surface area contributed by atoms with Gasteiger partial charge >= 0.3 is 5.97 Å². The highest BCUT2D eigenvalue weighted by atomic mass is 16.5. The van der Waals surface area contributed by atoms with Crippen LogP contribution in [-0.2, 0) is 9.53 Å². The Hall–Kier alpha value is -0.610. The predicted octanol–water partition coefficient (Wildman–Crippen LogP) is 1.03. The molecule has 0 aromatic carbocycles. The Morgan fingerprint density at radius 3 is 2.47 bits per heavy atom. The summed E-state index contributed by atoms with van der Waals surface area (Å²) in [4.78, 5) is 13.0. The molecule has 0 aromatic rings. The van der Waals surface area contributed by atoms with Gasteiger partial charge in [0.1, 0.15) is 0 Å². The number of nitrogens with zero attached hydrogens (tertiary/aromatic N) is 1. The third-order valence-corrected chi connectivity index (χ3v) is 2.37. The number of ether oxygens (including phenoxy) is 1. The van der Waals surface area contributed by atoms with Crippen LogP contribution < -0.4 is 0 Å². The molecule has 0 fully saturated rings. The summed E-state index contributed by atoms with van der Waals surface area (Å²) in [7, 11) is 3.42. The first-order valence-electron chi connectivity index (χ1n) is 5.57. The second-order valence-corrected chi connectivity index (χ2v) is 3.77. The molecule has 4 heteroatoms. The Kier molecular flexibility index (Phi) is 9.52. The average Bonchev–Trinajstić information content (AvgIpc) is 2.25. The van der Waals surface area contributed by atoms with Crippen molar-refractivity contribution in [3.63, 3.8) is 0 Å². The predicted molar refractivity (Wildman–Crippen MR) is 59.7 cm³/mol. The van der Waals surface area contributed by atoms with Gasteiger partial charge in [-0.1, -0.05) is 12.8 Å². The maximum Gasteiger partial charge on any atom is 0.306 e. The number of hydrogen-bond acceptors (Lipinski definition) is 4. The van der Waals surface area contributed by atoms with E-state index in [1.54, 1.807) is 0 Å². The van der Waals surface area contributed by atoms with E-state index in [9.17, 15) is 4.79 Å². The summed E-state index contributed by atoms with van der Waals surface area (Å²) >= 11 is 0. The first kappa shape index (κ1) is 14.4. The molecular weight excluding hydrogens is 194 g/mol. The molecule has 4 nitrogen and oxygen atoms in total. The molecule has 0 amide bonds. The molecule has 0 aromatic heterocycles. The summed E-state index contributed by atoms with van der Waals surface area (Å²) < 4.78 is 4.56. The van der Waals surface area contributed by atoms with Gasteiger partial charge in [-0.15, -0.1) is 0 Å². The molecule has 0 spiro atoms. The van der Waals surface area contributed by atoms with Crippen molar-refractivity contribution in [3.8, 4) is 0 Å². The van der Waals surface area contributed by atoms with Crippen molar-refractivity contribution in [2.45, 2.75) is 32.1 Å². The zero-order valence-corrected chi connectivity index (χ0v) is 9.87. The molecule has 0 aliphatic heterocycles. The highest BCUT2D eigenvalue weighted by molar-refractivity contribution is 5.69. The maximum atomic E-state index is 10.9. The highest BCUT2D eigenvalue weighted by Gasteiger charge is 2.03.